The summed E-state index contributed by atoms with van der Waals surface area (Å²) in [6, 6.07) is 40.7. The molecule has 0 spiro atoms. The fourth-order valence-electron chi connectivity index (χ4n) is 6.21. The predicted molar refractivity (Wildman–Crippen MR) is 167 cm³/mol. The van der Waals surface area contributed by atoms with Crippen LogP contribution in [0.3, 0.4) is 0 Å². The maximum atomic E-state index is 5.28. The Morgan fingerprint density at radius 2 is 1.20 bits per heavy atom. The second-order valence-electron chi connectivity index (χ2n) is 10.6. The van der Waals surface area contributed by atoms with Crippen molar-refractivity contribution in [3.63, 3.8) is 0 Å². The first-order valence-corrected chi connectivity index (χ1v) is 14.1. The SMILES string of the molecule is C1=C/C2=C(\c3ccccc3)c3ccc([nH]3)C3=CCC(N3)/C(c3ccccc3)=c3/cc/c([nH]3)=C(\c3ccccc3)C1=N2. The summed E-state index contributed by atoms with van der Waals surface area (Å²) in [6.07, 6.45) is 7.49. The summed E-state index contributed by atoms with van der Waals surface area (Å²) < 4.78 is 0. The zero-order valence-electron chi connectivity index (χ0n) is 22.4. The lowest BCUT2D eigenvalue weighted by atomic mass is 9.97. The first-order valence-electron chi connectivity index (χ1n) is 14.1. The van der Waals surface area contributed by atoms with E-state index >= 15 is 0 Å². The van der Waals surface area contributed by atoms with E-state index in [1.165, 1.54) is 11.1 Å². The summed E-state index contributed by atoms with van der Waals surface area (Å²) in [4.78, 5) is 12.8. The maximum Gasteiger partial charge on any atom is 0.0737 e. The van der Waals surface area contributed by atoms with E-state index in [1.807, 2.05) is 0 Å². The number of aliphatic imine (C=N–C) groups is 1. The molecule has 3 aliphatic heterocycles. The third kappa shape index (κ3) is 4.12. The van der Waals surface area contributed by atoms with Gasteiger partial charge in [0.05, 0.1) is 28.8 Å². The molecule has 8 bridgehead atoms. The van der Waals surface area contributed by atoms with Crippen molar-refractivity contribution in [2.45, 2.75) is 12.5 Å². The third-order valence-corrected chi connectivity index (χ3v) is 8.09. The van der Waals surface area contributed by atoms with Crippen molar-refractivity contribution in [3.8, 4) is 0 Å². The minimum Gasteiger partial charge on any atom is -0.376 e. The van der Waals surface area contributed by atoms with E-state index in [0.29, 0.717) is 0 Å². The molecule has 3 N–H and O–H groups in total. The van der Waals surface area contributed by atoms with Crippen molar-refractivity contribution >= 4 is 28.1 Å². The molecule has 0 saturated heterocycles. The molecule has 2 aromatic heterocycles. The van der Waals surface area contributed by atoms with Gasteiger partial charge in [0, 0.05) is 33.1 Å². The number of benzene rings is 3. The molecule has 3 aliphatic rings. The molecule has 1 unspecified atom stereocenters. The van der Waals surface area contributed by atoms with Crippen molar-refractivity contribution in [1.29, 1.82) is 0 Å². The molecule has 0 amide bonds. The Labute approximate surface area is 238 Å². The van der Waals surface area contributed by atoms with E-state index in [1.54, 1.807) is 0 Å². The normalized spacial score (nSPS) is 22.0. The molecular weight excluding hydrogens is 500 g/mol. The number of aromatic nitrogens is 2. The molecular formula is C37H28N4. The molecule has 8 rings (SSSR count). The first kappa shape index (κ1) is 23.5. The Kier molecular flexibility index (Phi) is 5.56. The van der Waals surface area contributed by atoms with E-state index < -0.39 is 0 Å². The topological polar surface area (TPSA) is 56.0 Å². The Hall–Kier alpha value is -5.35. The number of nitrogens with one attached hydrogen (secondary N) is 3. The Bertz CT molecular complexity index is 2020. The van der Waals surface area contributed by atoms with Gasteiger partial charge in [0.15, 0.2) is 0 Å². The van der Waals surface area contributed by atoms with Gasteiger partial charge >= 0.3 is 0 Å². The summed E-state index contributed by atoms with van der Waals surface area (Å²) in [6.45, 7) is 0. The summed E-state index contributed by atoms with van der Waals surface area (Å²) >= 11 is 0. The third-order valence-electron chi connectivity index (χ3n) is 8.09. The van der Waals surface area contributed by atoms with Crippen LogP contribution < -0.4 is 16.0 Å². The highest BCUT2D eigenvalue weighted by molar-refractivity contribution is 6.30. The van der Waals surface area contributed by atoms with Gasteiger partial charge in [-0.25, -0.2) is 4.99 Å². The number of allylic oxidation sites excluding steroid dienone is 2. The van der Waals surface area contributed by atoms with Gasteiger partial charge < -0.3 is 15.3 Å². The Balaban J connectivity index is 1.46. The van der Waals surface area contributed by atoms with Gasteiger partial charge in [-0.3, -0.25) is 0 Å². The molecule has 3 aromatic carbocycles. The molecule has 4 heteroatoms. The van der Waals surface area contributed by atoms with Crippen molar-refractivity contribution < 1.29 is 0 Å². The number of fused-ring (bicyclic) bond motifs is 8. The van der Waals surface area contributed by atoms with Crippen LogP contribution in [0.2, 0.25) is 0 Å². The molecule has 5 aromatic rings. The zero-order chi connectivity index (χ0) is 27.2. The van der Waals surface area contributed by atoms with Crippen molar-refractivity contribution in [3.05, 3.63) is 178 Å². The maximum absolute atomic E-state index is 5.28. The van der Waals surface area contributed by atoms with Gasteiger partial charge in [0.25, 0.3) is 0 Å². The summed E-state index contributed by atoms with van der Waals surface area (Å²) in [5, 5.41) is 6.00. The smallest absolute Gasteiger partial charge is 0.0737 e. The molecule has 41 heavy (non-hydrogen) atoms. The van der Waals surface area contributed by atoms with Crippen LogP contribution in [0.5, 0.6) is 0 Å². The van der Waals surface area contributed by atoms with Crippen LogP contribution >= 0.6 is 0 Å². The Morgan fingerprint density at radius 1 is 0.561 bits per heavy atom. The monoisotopic (exact) mass is 528 g/mol. The zero-order valence-corrected chi connectivity index (χ0v) is 22.4. The van der Waals surface area contributed by atoms with Crippen LogP contribution in [0.4, 0.5) is 0 Å². The predicted octanol–water partition coefficient (Wildman–Crippen LogP) is 5.93. The average Bonchev–Trinajstić information content (AvgIpc) is 3.84. The lowest BCUT2D eigenvalue weighted by molar-refractivity contribution is 0.778. The molecule has 4 nitrogen and oxygen atoms in total. The van der Waals surface area contributed by atoms with Gasteiger partial charge in [0.2, 0.25) is 0 Å². The van der Waals surface area contributed by atoms with Crippen LogP contribution in [-0.4, -0.2) is 21.7 Å². The highest BCUT2D eigenvalue weighted by Crippen LogP contribution is 2.33. The highest BCUT2D eigenvalue weighted by Gasteiger charge is 2.25. The van der Waals surface area contributed by atoms with Crippen LogP contribution in [0, 0.1) is 0 Å². The minimum absolute atomic E-state index is 0.136. The molecule has 0 fully saturated rings. The number of hydrogen-bond donors (Lipinski definition) is 3. The molecule has 5 heterocycles. The number of nitrogens with zero attached hydrogens (tertiary/aromatic N) is 1. The van der Waals surface area contributed by atoms with Crippen molar-refractivity contribution in [2.75, 3.05) is 0 Å². The molecule has 196 valence electrons. The van der Waals surface area contributed by atoms with Gasteiger partial charge in [-0.1, -0.05) is 97.1 Å². The van der Waals surface area contributed by atoms with E-state index in [-0.39, 0.29) is 6.04 Å². The van der Waals surface area contributed by atoms with E-state index in [0.717, 1.165) is 67.9 Å². The Morgan fingerprint density at radius 3 is 1.93 bits per heavy atom. The van der Waals surface area contributed by atoms with Crippen LogP contribution in [0.1, 0.15) is 34.5 Å². The van der Waals surface area contributed by atoms with Crippen molar-refractivity contribution in [2.24, 2.45) is 4.99 Å². The average molecular weight is 529 g/mol. The van der Waals surface area contributed by atoms with E-state index in [9.17, 15) is 0 Å². The second kappa shape index (κ2) is 9.68. The number of aromatic amines is 2. The fourth-order valence-corrected chi connectivity index (χ4v) is 6.21. The quantitative estimate of drug-likeness (QED) is 0.267. The standard InChI is InChI=1S/C37H28N4/c1-4-10-24(11-5-1)35-29-18-16-27(38-29)28-17-19-30(39-28)36(25-12-6-2-7-13-25)32-21-23-34(41-32)37(26-14-8-3-9-15-26)33-22-20-31(35)40-33/h1-18,20-23,30,38-39,41H,19H2/b35-31-,36-32-,37-34-. The number of hydrogen-bond acceptors (Lipinski definition) is 2. The fraction of sp³-hybridized carbons (Fsp3) is 0.0541. The molecule has 1 atom stereocenters. The lowest BCUT2D eigenvalue weighted by Crippen LogP contribution is -2.30. The van der Waals surface area contributed by atoms with Gasteiger partial charge in [0.1, 0.15) is 0 Å². The molecule has 0 saturated carbocycles. The second-order valence-corrected chi connectivity index (χ2v) is 10.6. The van der Waals surface area contributed by atoms with Crippen LogP contribution in [-0.2, 0) is 0 Å². The minimum atomic E-state index is 0.136. The summed E-state index contributed by atoms with van der Waals surface area (Å²) in [5.41, 5.74) is 12.0. The van der Waals surface area contributed by atoms with Gasteiger partial charge in [-0.2, -0.15) is 0 Å². The number of rotatable bonds is 3. The van der Waals surface area contributed by atoms with Gasteiger partial charge in [-0.05, 0) is 59.5 Å². The van der Waals surface area contributed by atoms with Crippen LogP contribution in [0.15, 0.2) is 144 Å². The van der Waals surface area contributed by atoms with E-state index in [2.05, 4.69) is 149 Å². The largest absolute Gasteiger partial charge is 0.376 e. The molecule has 0 aliphatic carbocycles. The van der Waals surface area contributed by atoms with Gasteiger partial charge in [-0.15, -0.1) is 0 Å². The lowest BCUT2D eigenvalue weighted by Gasteiger charge is -2.18. The van der Waals surface area contributed by atoms with Crippen molar-refractivity contribution in [1.82, 2.24) is 15.3 Å². The first-order chi connectivity index (χ1) is 20.3. The van der Waals surface area contributed by atoms with Crippen LogP contribution in [0.25, 0.3) is 22.4 Å². The summed E-state index contributed by atoms with van der Waals surface area (Å²) in [5.74, 6) is 0. The molecule has 0 radical (unpaired) electrons. The van der Waals surface area contributed by atoms with E-state index in [4.69, 9.17) is 4.99 Å². The summed E-state index contributed by atoms with van der Waals surface area (Å²) in [7, 11) is 0. The highest BCUT2D eigenvalue weighted by atomic mass is 15.0. The number of H-pyrrole nitrogens is 2.